The third-order valence-electron chi connectivity index (χ3n) is 2.89. The van der Waals surface area contributed by atoms with Crippen molar-refractivity contribution in [3.63, 3.8) is 0 Å². The van der Waals surface area contributed by atoms with E-state index in [0.717, 1.165) is 6.07 Å². The van der Waals surface area contributed by atoms with Crippen LogP contribution in [0.25, 0.3) is 0 Å². The van der Waals surface area contributed by atoms with Crippen LogP contribution in [0, 0.1) is 11.6 Å². The molecule has 1 atom stereocenters. The fourth-order valence-corrected chi connectivity index (χ4v) is 4.63. The second-order valence-electron chi connectivity index (χ2n) is 4.24. The maximum Gasteiger partial charge on any atom is 0.324 e. The zero-order valence-electron chi connectivity index (χ0n) is 10.4. The molecule has 0 radical (unpaired) electrons. The molecule has 10 heteroatoms. The van der Waals surface area contributed by atoms with Gasteiger partial charge >= 0.3 is 5.97 Å². The Kier molecular flexibility index (Phi) is 4.61. The highest BCUT2D eigenvalue weighted by atomic mass is 79.9. The number of aliphatic carboxylic acids is 1. The summed E-state index contributed by atoms with van der Waals surface area (Å²) in [4.78, 5) is 10.3. The molecule has 0 bridgehead atoms. The number of nitrogens with zero attached hydrogens (tertiary/aromatic N) is 1. The van der Waals surface area contributed by atoms with E-state index in [4.69, 9.17) is 9.84 Å². The number of carboxylic acids is 1. The van der Waals surface area contributed by atoms with Crippen LogP contribution in [0.2, 0.25) is 0 Å². The largest absolute Gasteiger partial charge is 0.480 e. The topological polar surface area (TPSA) is 83.9 Å². The highest BCUT2D eigenvalue weighted by Gasteiger charge is 2.40. The molecule has 6 nitrogen and oxygen atoms in total. The standard InChI is InChI=1S/C11H10BrF2NO5S/c12-7-3-6(13)4-8(14)10(7)21(18,19)15-1-2-20-5-9(15)11(16)17/h3-4,9H,1-2,5H2,(H,16,17). The molecule has 1 aromatic rings. The van der Waals surface area contributed by atoms with E-state index in [1.165, 1.54) is 0 Å². The molecule has 1 aliphatic rings. The van der Waals surface area contributed by atoms with Crippen LogP contribution >= 0.6 is 15.9 Å². The van der Waals surface area contributed by atoms with E-state index in [9.17, 15) is 22.0 Å². The first-order valence-corrected chi connectivity index (χ1v) is 7.95. The fourth-order valence-electron chi connectivity index (χ4n) is 1.96. The summed E-state index contributed by atoms with van der Waals surface area (Å²) in [5, 5.41) is 9.05. The van der Waals surface area contributed by atoms with Gasteiger partial charge in [0.2, 0.25) is 10.0 Å². The highest BCUT2D eigenvalue weighted by Crippen LogP contribution is 2.30. The quantitative estimate of drug-likeness (QED) is 0.844. The van der Waals surface area contributed by atoms with Gasteiger partial charge in [-0.2, -0.15) is 4.31 Å². The zero-order chi connectivity index (χ0) is 15.8. The first kappa shape index (κ1) is 16.3. The van der Waals surface area contributed by atoms with Crippen molar-refractivity contribution < 1.29 is 31.8 Å². The van der Waals surface area contributed by atoms with E-state index < -0.39 is 38.6 Å². The third-order valence-corrected chi connectivity index (χ3v) is 5.77. The minimum absolute atomic E-state index is 0.0105. The van der Waals surface area contributed by atoms with E-state index in [2.05, 4.69) is 15.9 Å². The molecule has 1 N–H and O–H groups in total. The van der Waals surface area contributed by atoms with Crippen LogP contribution in [0.4, 0.5) is 8.78 Å². The Labute approximate surface area is 127 Å². The molecule has 21 heavy (non-hydrogen) atoms. The zero-order valence-corrected chi connectivity index (χ0v) is 12.8. The van der Waals surface area contributed by atoms with Crippen molar-refractivity contribution in [2.45, 2.75) is 10.9 Å². The summed E-state index contributed by atoms with van der Waals surface area (Å²) in [6, 6.07) is -0.236. The Morgan fingerprint density at radius 3 is 2.67 bits per heavy atom. The average Bonchev–Trinajstić information content (AvgIpc) is 2.37. The molecule has 2 rings (SSSR count). The summed E-state index contributed by atoms with van der Waals surface area (Å²) < 4.78 is 57.1. The normalized spacial score (nSPS) is 20.4. The van der Waals surface area contributed by atoms with E-state index in [0.29, 0.717) is 10.4 Å². The number of morpholine rings is 1. The van der Waals surface area contributed by atoms with Gasteiger partial charge < -0.3 is 9.84 Å². The van der Waals surface area contributed by atoms with Crippen LogP contribution in [-0.4, -0.2) is 49.6 Å². The van der Waals surface area contributed by atoms with E-state index in [-0.39, 0.29) is 24.2 Å². The number of hydrogen-bond donors (Lipinski definition) is 1. The Bertz CT molecular complexity index is 658. The van der Waals surface area contributed by atoms with Gasteiger partial charge in [0.1, 0.15) is 22.6 Å². The van der Waals surface area contributed by atoms with Crippen molar-refractivity contribution in [3.8, 4) is 0 Å². The predicted octanol–water partition coefficient (Wildman–Crippen LogP) is 1.20. The second-order valence-corrected chi connectivity index (χ2v) is 6.93. The number of hydrogen-bond acceptors (Lipinski definition) is 4. The minimum atomic E-state index is -4.45. The van der Waals surface area contributed by atoms with Crippen LogP contribution in [0.5, 0.6) is 0 Å². The molecule has 1 aromatic carbocycles. The number of benzene rings is 1. The van der Waals surface area contributed by atoms with Gasteiger partial charge in [0.25, 0.3) is 0 Å². The molecule has 0 aliphatic carbocycles. The van der Waals surface area contributed by atoms with Gasteiger partial charge in [0.05, 0.1) is 13.2 Å². The van der Waals surface area contributed by atoms with Gasteiger partial charge in [0.15, 0.2) is 0 Å². The third kappa shape index (κ3) is 3.07. The van der Waals surface area contributed by atoms with Gasteiger partial charge in [-0.1, -0.05) is 0 Å². The van der Waals surface area contributed by atoms with Crippen molar-refractivity contribution in [1.29, 1.82) is 0 Å². The van der Waals surface area contributed by atoms with Crippen molar-refractivity contribution >= 4 is 31.9 Å². The molecule has 0 aromatic heterocycles. The van der Waals surface area contributed by atoms with Gasteiger partial charge in [-0.3, -0.25) is 4.79 Å². The Balaban J connectivity index is 2.53. The summed E-state index contributed by atoms with van der Waals surface area (Å²) in [6.07, 6.45) is 0. The SMILES string of the molecule is O=C(O)C1COCCN1S(=O)(=O)c1c(F)cc(F)cc1Br. The van der Waals surface area contributed by atoms with Crippen LogP contribution in [0.1, 0.15) is 0 Å². The van der Waals surface area contributed by atoms with Crippen LogP contribution in [-0.2, 0) is 19.6 Å². The van der Waals surface area contributed by atoms with Crippen LogP contribution in [0.15, 0.2) is 21.5 Å². The number of rotatable bonds is 3. The first-order chi connectivity index (χ1) is 9.75. The molecule has 1 saturated heterocycles. The van der Waals surface area contributed by atoms with Gasteiger partial charge in [0, 0.05) is 17.1 Å². The van der Waals surface area contributed by atoms with Crippen LogP contribution < -0.4 is 0 Å². The van der Waals surface area contributed by atoms with Gasteiger partial charge in [-0.25, -0.2) is 17.2 Å². The summed E-state index contributed by atoms with van der Waals surface area (Å²) >= 11 is 2.79. The molecule has 0 spiro atoms. The van der Waals surface area contributed by atoms with Crippen molar-refractivity contribution in [3.05, 3.63) is 28.2 Å². The van der Waals surface area contributed by atoms with Gasteiger partial charge in [-0.05, 0) is 22.0 Å². The molecule has 116 valence electrons. The predicted molar refractivity (Wildman–Crippen MR) is 70.2 cm³/mol. The Morgan fingerprint density at radius 1 is 1.43 bits per heavy atom. The number of ether oxygens (including phenoxy) is 1. The number of sulfonamides is 1. The second kappa shape index (κ2) is 5.95. The van der Waals surface area contributed by atoms with Gasteiger partial charge in [-0.15, -0.1) is 0 Å². The fraction of sp³-hybridized carbons (Fsp3) is 0.364. The maximum absolute atomic E-state index is 13.8. The molecular formula is C11H10BrF2NO5S. The molecular weight excluding hydrogens is 376 g/mol. The summed E-state index contributed by atoms with van der Waals surface area (Å²) in [7, 11) is -4.45. The molecule has 0 amide bonds. The summed E-state index contributed by atoms with van der Waals surface area (Å²) in [5.74, 6) is -3.65. The molecule has 1 unspecified atom stereocenters. The number of halogens is 3. The molecule has 1 fully saturated rings. The van der Waals surface area contributed by atoms with Crippen molar-refractivity contribution in [2.24, 2.45) is 0 Å². The molecule has 0 saturated carbocycles. The number of carboxylic acid groups (broad SMARTS) is 1. The van der Waals surface area contributed by atoms with Crippen molar-refractivity contribution in [1.82, 2.24) is 4.31 Å². The average molecular weight is 386 g/mol. The summed E-state index contributed by atoms with van der Waals surface area (Å²) in [6.45, 7) is -0.582. The Morgan fingerprint density at radius 2 is 2.10 bits per heavy atom. The van der Waals surface area contributed by atoms with Crippen molar-refractivity contribution in [2.75, 3.05) is 19.8 Å². The van der Waals surface area contributed by atoms with E-state index >= 15 is 0 Å². The Hall–Kier alpha value is -1.10. The lowest BCUT2D eigenvalue weighted by atomic mass is 10.3. The smallest absolute Gasteiger partial charge is 0.324 e. The highest BCUT2D eigenvalue weighted by molar-refractivity contribution is 9.10. The van der Waals surface area contributed by atoms with Crippen LogP contribution in [0.3, 0.4) is 0 Å². The van der Waals surface area contributed by atoms with E-state index in [1.807, 2.05) is 0 Å². The lowest BCUT2D eigenvalue weighted by Gasteiger charge is -2.32. The van der Waals surface area contributed by atoms with E-state index in [1.54, 1.807) is 0 Å². The lowest BCUT2D eigenvalue weighted by molar-refractivity contribution is -0.146. The monoisotopic (exact) mass is 385 g/mol. The lowest BCUT2D eigenvalue weighted by Crippen LogP contribution is -2.52. The summed E-state index contributed by atoms with van der Waals surface area (Å²) in [5.41, 5.74) is 0. The number of carbonyl (C=O) groups is 1. The molecule has 1 aliphatic heterocycles. The maximum atomic E-state index is 13.8. The minimum Gasteiger partial charge on any atom is -0.480 e. The molecule has 1 heterocycles. The first-order valence-electron chi connectivity index (χ1n) is 5.72.